The van der Waals surface area contributed by atoms with Crippen LogP contribution >= 0.6 is 0 Å². The molecule has 143 valence electrons. The standard InChI is InChI=1S/C23H35N2O/c1-5-25(6-2)18-10-9-17-24(3)19-20-13-15-21(16-14-20)22-11-7-8-12-23(22)26-4/h7,11-16H,5-6,8-10,17-19H2,1-4H3. The van der Waals surface area contributed by atoms with E-state index < -0.39 is 0 Å². The van der Waals surface area contributed by atoms with Crippen LogP contribution < -0.4 is 0 Å². The van der Waals surface area contributed by atoms with E-state index in [9.17, 15) is 0 Å². The van der Waals surface area contributed by atoms with Gasteiger partial charge < -0.3 is 14.5 Å². The third-order valence-corrected chi connectivity index (χ3v) is 5.09. The van der Waals surface area contributed by atoms with E-state index in [1.54, 1.807) is 7.11 Å². The Kier molecular flexibility index (Phi) is 8.93. The number of nitrogens with zero attached hydrogens (tertiary/aromatic N) is 2. The second-order valence-corrected chi connectivity index (χ2v) is 6.99. The molecule has 3 heteroatoms. The zero-order chi connectivity index (χ0) is 18.8. The van der Waals surface area contributed by atoms with E-state index >= 15 is 0 Å². The van der Waals surface area contributed by atoms with Crippen LogP contribution in [-0.2, 0) is 11.3 Å². The van der Waals surface area contributed by atoms with Crippen molar-refractivity contribution in [3.8, 4) is 0 Å². The number of hydrogen-bond acceptors (Lipinski definition) is 3. The Hall–Kier alpha value is -1.58. The molecule has 0 unspecified atom stereocenters. The monoisotopic (exact) mass is 355 g/mol. The van der Waals surface area contributed by atoms with Crippen molar-refractivity contribution in [3.63, 3.8) is 0 Å². The number of ether oxygens (including phenoxy) is 1. The van der Waals surface area contributed by atoms with Crippen molar-refractivity contribution in [2.75, 3.05) is 40.3 Å². The normalized spacial score (nSPS) is 14.5. The van der Waals surface area contributed by atoms with Crippen molar-refractivity contribution in [2.24, 2.45) is 0 Å². The molecule has 1 aromatic rings. The summed E-state index contributed by atoms with van der Waals surface area (Å²) in [5, 5.41) is 0. The first-order valence-electron chi connectivity index (χ1n) is 9.96. The Morgan fingerprint density at radius 1 is 1.00 bits per heavy atom. The molecule has 0 saturated heterocycles. The summed E-state index contributed by atoms with van der Waals surface area (Å²) in [6.45, 7) is 10.2. The second kappa shape index (κ2) is 11.2. The largest absolute Gasteiger partial charge is 0.496 e. The predicted octanol–water partition coefficient (Wildman–Crippen LogP) is 4.76. The van der Waals surface area contributed by atoms with Gasteiger partial charge in [0.2, 0.25) is 0 Å². The van der Waals surface area contributed by atoms with E-state index in [0.717, 1.165) is 38.4 Å². The van der Waals surface area contributed by atoms with Gasteiger partial charge in [0.05, 0.1) is 7.11 Å². The Balaban J connectivity index is 1.80. The molecule has 0 spiro atoms. The highest BCUT2D eigenvalue weighted by atomic mass is 16.5. The molecule has 0 N–H and O–H groups in total. The molecule has 0 bridgehead atoms. The summed E-state index contributed by atoms with van der Waals surface area (Å²) in [7, 11) is 3.96. The van der Waals surface area contributed by atoms with Gasteiger partial charge in [-0.05, 0) is 76.1 Å². The average molecular weight is 356 g/mol. The van der Waals surface area contributed by atoms with Crippen LogP contribution in [0.2, 0.25) is 0 Å². The van der Waals surface area contributed by atoms with Crippen molar-refractivity contribution >= 4 is 5.57 Å². The molecule has 2 rings (SSSR count). The van der Waals surface area contributed by atoms with E-state index in [1.807, 2.05) is 0 Å². The van der Waals surface area contributed by atoms with Gasteiger partial charge in [0.25, 0.3) is 0 Å². The summed E-state index contributed by atoms with van der Waals surface area (Å²) in [4.78, 5) is 4.92. The molecule has 1 aliphatic carbocycles. The number of methoxy groups -OCH3 is 1. The van der Waals surface area contributed by atoms with Gasteiger partial charge >= 0.3 is 0 Å². The van der Waals surface area contributed by atoms with E-state index in [-0.39, 0.29) is 0 Å². The van der Waals surface area contributed by atoms with E-state index in [2.05, 4.69) is 73.5 Å². The predicted molar refractivity (Wildman–Crippen MR) is 112 cm³/mol. The summed E-state index contributed by atoms with van der Waals surface area (Å²) >= 11 is 0. The Morgan fingerprint density at radius 3 is 2.35 bits per heavy atom. The summed E-state index contributed by atoms with van der Waals surface area (Å²) in [6, 6.07) is 8.90. The first-order valence-corrected chi connectivity index (χ1v) is 9.96. The number of hydrogen-bond donors (Lipinski definition) is 0. The maximum Gasteiger partial charge on any atom is 0.122 e. The highest BCUT2D eigenvalue weighted by molar-refractivity contribution is 5.79. The zero-order valence-electron chi connectivity index (χ0n) is 17.0. The summed E-state index contributed by atoms with van der Waals surface area (Å²) < 4.78 is 5.50. The molecule has 3 nitrogen and oxygen atoms in total. The second-order valence-electron chi connectivity index (χ2n) is 6.99. The van der Waals surface area contributed by atoms with Gasteiger partial charge in [-0.25, -0.2) is 0 Å². The third kappa shape index (κ3) is 6.30. The fourth-order valence-electron chi connectivity index (χ4n) is 3.42. The number of allylic oxidation sites excluding steroid dienone is 3. The highest BCUT2D eigenvalue weighted by Crippen LogP contribution is 2.28. The van der Waals surface area contributed by atoms with Crippen molar-refractivity contribution in [1.29, 1.82) is 0 Å². The van der Waals surface area contributed by atoms with Crippen LogP contribution in [0.15, 0.2) is 42.2 Å². The van der Waals surface area contributed by atoms with Crippen molar-refractivity contribution in [2.45, 2.75) is 39.7 Å². The van der Waals surface area contributed by atoms with Crippen LogP contribution in [0.5, 0.6) is 0 Å². The van der Waals surface area contributed by atoms with Crippen molar-refractivity contribution in [1.82, 2.24) is 9.80 Å². The lowest BCUT2D eigenvalue weighted by Crippen LogP contribution is -2.25. The zero-order valence-corrected chi connectivity index (χ0v) is 17.0. The number of benzene rings is 1. The van der Waals surface area contributed by atoms with Gasteiger partial charge in [0, 0.05) is 12.1 Å². The molecular formula is C23H35N2O. The lowest BCUT2D eigenvalue weighted by atomic mass is 9.97. The van der Waals surface area contributed by atoms with Gasteiger partial charge in [-0.3, -0.25) is 0 Å². The van der Waals surface area contributed by atoms with E-state index in [0.29, 0.717) is 0 Å². The maximum absolute atomic E-state index is 5.50. The van der Waals surface area contributed by atoms with Crippen LogP contribution in [0.3, 0.4) is 0 Å². The summed E-state index contributed by atoms with van der Waals surface area (Å²) in [6.07, 6.45) is 9.96. The minimum atomic E-state index is 0.948. The van der Waals surface area contributed by atoms with Crippen LogP contribution in [0, 0.1) is 6.42 Å². The molecule has 0 fully saturated rings. The third-order valence-electron chi connectivity index (χ3n) is 5.09. The molecule has 0 aliphatic heterocycles. The molecule has 0 aromatic heterocycles. The lowest BCUT2D eigenvalue weighted by Gasteiger charge is -2.20. The van der Waals surface area contributed by atoms with Crippen molar-refractivity contribution in [3.05, 3.63) is 59.7 Å². The van der Waals surface area contributed by atoms with Crippen LogP contribution in [0.4, 0.5) is 0 Å². The van der Waals surface area contributed by atoms with Gasteiger partial charge in [-0.1, -0.05) is 44.2 Å². The van der Waals surface area contributed by atoms with Gasteiger partial charge in [0.1, 0.15) is 5.76 Å². The molecule has 1 radical (unpaired) electrons. The minimum Gasteiger partial charge on any atom is -0.496 e. The quantitative estimate of drug-likeness (QED) is 0.532. The first kappa shape index (κ1) is 20.7. The van der Waals surface area contributed by atoms with E-state index in [4.69, 9.17) is 4.74 Å². The van der Waals surface area contributed by atoms with Crippen molar-refractivity contribution < 1.29 is 4.74 Å². The van der Waals surface area contributed by atoms with Gasteiger partial charge in [-0.2, -0.15) is 0 Å². The van der Waals surface area contributed by atoms with E-state index in [1.165, 1.54) is 36.1 Å². The fourth-order valence-corrected chi connectivity index (χ4v) is 3.42. The molecule has 0 heterocycles. The number of unbranched alkanes of at least 4 members (excludes halogenated alkanes) is 1. The SMILES string of the molecule is CCN(CC)CCCCN(C)Cc1ccc(C2=C[CH]CC=C2OC)cc1. The van der Waals surface area contributed by atoms with Gasteiger partial charge in [0.15, 0.2) is 0 Å². The smallest absolute Gasteiger partial charge is 0.122 e. The lowest BCUT2D eigenvalue weighted by molar-refractivity contribution is 0.274. The highest BCUT2D eigenvalue weighted by Gasteiger charge is 2.11. The Bertz CT molecular complexity index is 585. The molecule has 0 amide bonds. The molecule has 0 atom stereocenters. The molecule has 0 saturated carbocycles. The van der Waals surface area contributed by atoms with Crippen LogP contribution in [-0.4, -0.2) is 50.1 Å². The van der Waals surface area contributed by atoms with Crippen LogP contribution in [0.1, 0.15) is 44.2 Å². The number of rotatable bonds is 11. The summed E-state index contributed by atoms with van der Waals surface area (Å²) in [5.41, 5.74) is 3.76. The Morgan fingerprint density at radius 2 is 1.69 bits per heavy atom. The van der Waals surface area contributed by atoms with Gasteiger partial charge in [-0.15, -0.1) is 0 Å². The molecule has 1 aromatic carbocycles. The first-order chi connectivity index (χ1) is 12.7. The average Bonchev–Trinajstić information content (AvgIpc) is 2.68. The molecular weight excluding hydrogens is 320 g/mol. The minimum absolute atomic E-state index is 0.948. The van der Waals surface area contributed by atoms with Crippen LogP contribution in [0.25, 0.3) is 5.57 Å². The fraction of sp³-hybridized carbons (Fsp3) is 0.522. The topological polar surface area (TPSA) is 15.7 Å². The molecule has 26 heavy (non-hydrogen) atoms. The molecule has 1 aliphatic rings. The Labute approximate surface area is 160 Å². The maximum atomic E-state index is 5.50. The summed E-state index contributed by atoms with van der Waals surface area (Å²) in [5.74, 6) is 0.977.